The summed E-state index contributed by atoms with van der Waals surface area (Å²) < 4.78 is 34.9. The summed E-state index contributed by atoms with van der Waals surface area (Å²) in [7, 11) is 7.98. The number of benzene rings is 3. The zero-order valence-corrected chi connectivity index (χ0v) is 34.6. The Bertz CT molecular complexity index is 2360. The van der Waals surface area contributed by atoms with Crippen LogP contribution >= 0.6 is 11.6 Å². The number of sulfonamides is 1. The number of hydrogen-bond acceptors (Lipinski definition) is 8. The van der Waals surface area contributed by atoms with Gasteiger partial charge >= 0.3 is 5.69 Å². The van der Waals surface area contributed by atoms with Crippen LogP contribution in [0.15, 0.2) is 94.6 Å². The Balaban J connectivity index is 0.000000166. The molecule has 0 aliphatic carbocycles. The predicted molar refractivity (Wildman–Crippen MR) is 225 cm³/mol. The fraction of sp³-hybridized carbons (Fsp3) is 0.390. The number of likely N-dealkylation sites (N-methyl/N-ethyl adjacent to an activating group) is 2. The van der Waals surface area contributed by atoms with Crippen LogP contribution in [-0.2, 0) is 41.0 Å². The van der Waals surface area contributed by atoms with Crippen molar-refractivity contribution in [1.82, 2.24) is 38.2 Å². The van der Waals surface area contributed by atoms with E-state index in [-0.39, 0.29) is 28.3 Å². The Morgan fingerprint density at radius 1 is 0.857 bits per heavy atom. The second-order valence-electron chi connectivity index (χ2n) is 14.4. The zero-order chi connectivity index (χ0) is 40.4. The molecule has 0 bridgehead atoms. The van der Waals surface area contributed by atoms with Crippen LogP contribution < -0.4 is 11.2 Å². The number of halogens is 1. The third-order valence-corrected chi connectivity index (χ3v) is 11.6. The summed E-state index contributed by atoms with van der Waals surface area (Å²) in [6.45, 7) is 3.96. The number of H-pyrrole nitrogens is 2. The molecule has 1 aliphatic rings. The van der Waals surface area contributed by atoms with Gasteiger partial charge in [-0.1, -0.05) is 66.7 Å². The Hall–Kier alpha value is -4.57. The Labute approximate surface area is 333 Å². The van der Waals surface area contributed by atoms with Crippen molar-refractivity contribution < 1.29 is 13.2 Å². The van der Waals surface area contributed by atoms with E-state index in [2.05, 4.69) is 101 Å². The van der Waals surface area contributed by atoms with Crippen molar-refractivity contribution in [1.29, 1.82) is 0 Å². The number of nitrogens with one attached hydrogen (secondary N) is 2. The van der Waals surface area contributed by atoms with Crippen molar-refractivity contribution in [2.45, 2.75) is 31.1 Å². The summed E-state index contributed by atoms with van der Waals surface area (Å²) in [5, 5.41) is 1.24. The number of nitrogens with zero attached hydrogens (tertiary/aromatic N) is 6. The van der Waals surface area contributed by atoms with Crippen molar-refractivity contribution in [3.63, 3.8) is 0 Å². The summed E-state index contributed by atoms with van der Waals surface area (Å²) in [5.41, 5.74) is 5.24. The summed E-state index contributed by atoms with van der Waals surface area (Å²) >= 11 is 5.60. The quantitative estimate of drug-likeness (QED) is 0.162. The lowest BCUT2D eigenvalue weighted by Crippen LogP contribution is -2.36. The fourth-order valence-corrected chi connectivity index (χ4v) is 8.20. The smallest absolute Gasteiger partial charge is 0.332 e. The fourth-order valence-electron chi connectivity index (χ4n) is 6.43. The number of imidazole rings is 1. The van der Waals surface area contributed by atoms with Crippen molar-refractivity contribution in [2.75, 3.05) is 61.0 Å². The van der Waals surface area contributed by atoms with Crippen LogP contribution in [0.5, 0.6) is 0 Å². The van der Waals surface area contributed by atoms with E-state index in [0.29, 0.717) is 13.1 Å². The van der Waals surface area contributed by atoms with Crippen molar-refractivity contribution >= 4 is 43.7 Å². The van der Waals surface area contributed by atoms with Crippen molar-refractivity contribution in [2.24, 2.45) is 14.1 Å². The highest BCUT2D eigenvalue weighted by atomic mass is 35.5. The third-order valence-electron chi connectivity index (χ3n) is 9.56. The van der Waals surface area contributed by atoms with Gasteiger partial charge in [-0.25, -0.2) is 17.5 Å². The van der Waals surface area contributed by atoms with Gasteiger partial charge in [-0.3, -0.25) is 13.9 Å². The standard InChI is InChI=1S/C17H25N3O2S.C17H21NO.C7H7ClN4O2/c1-19(2)10-7-15-12-18-17-6-5-14(11-16(15)17)13-23(21,22)20-8-3-4-9-20;1-18(2)13-14-19-17(15-9-5-3-6-10-15)16-11-7-4-8-12-16;1-11-4-3(9-6(8)10-4)5(13)12(2)7(11)14/h5-6,11-12,18H,3-4,7-10,13H2,1-2H3;3-12,17H,13-14H2,1-2H3;1-2H3,(H,9,10). The monoisotopic (exact) mass is 804 g/mol. The van der Waals surface area contributed by atoms with Gasteiger partial charge in [-0.05, 0) is 93.4 Å². The lowest BCUT2D eigenvalue weighted by atomic mass is 10.0. The van der Waals surface area contributed by atoms with E-state index in [9.17, 15) is 18.0 Å². The van der Waals surface area contributed by atoms with E-state index in [1.54, 1.807) is 4.31 Å². The van der Waals surface area contributed by atoms with Gasteiger partial charge in [0.1, 0.15) is 6.10 Å². The molecule has 300 valence electrons. The van der Waals surface area contributed by atoms with Gasteiger partial charge in [-0.2, -0.15) is 4.98 Å². The van der Waals surface area contributed by atoms with Crippen LogP contribution in [0.1, 0.15) is 41.2 Å². The van der Waals surface area contributed by atoms with Gasteiger partial charge in [0.25, 0.3) is 5.56 Å². The van der Waals surface area contributed by atoms with E-state index in [0.717, 1.165) is 60.0 Å². The van der Waals surface area contributed by atoms with Gasteiger partial charge in [0.05, 0.1) is 12.4 Å². The molecular weight excluding hydrogens is 752 g/mol. The second kappa shape index (κ2) is 19.5. The number of ether oxygens (including phenoxy) is 1. The normalized spacial score (nSPS) is 13.4. The van der Waals surface area contributed by atoms with E-state index in [1.165, 1.54) is 35.4 Å². The molecule has 0 spiro atoms. The first-order valence-corrected chi connectivity index (χ1v) is 20.6. The minimum absolute atomic E-state index is 0.0161. The van der Waals surface area contributed by atoms with Crippen LogP contribution in [0.25, 0.3) is 22.1 Å². The molecular formula is C41H53ClN8O5S. The molecule has 7 rings (SSSR count). The maximum atomic E-state index is 12.5. The molecule has 0 unspecified atom stereocenters. The molecule has 0 amide bonds. The zero-order valence-electron chi connectivity index (χ0n) is 33.0. The number of aromatic nitrogens is 5. The highest BCUT2D eigenvalue weighted by molar-refractivity contribution is 7.88. The van der Waals surface area contributed by atoms with Crippen LogP contribution in [0.2, 0.25) is 5.28 Å². The van der Waals surface area contributed by atoms with Crippen LogP contribution in [0.4, 0.5) is 0 Å². The highest BCUT2D eigenvalue weighted by Gasteiger charge is 2.25. The number of aromatic amines is 2. The van der Waals surface area contributed by atoms with Gasteiger partial charge in [0.2, 0.25) is 15.3 Å². The van der Waals surface area contributed by atoms with Crippen LogP contribution in [0.3, 0.4) is 0 Å². The molecule has 0 radical (unpaired) electrons. The van der Waals surface area contributed by atoms with Gasteiger partial charge in [0.15, 0.2) is 11.2 Å². The van der Waals surface area contributed by atoms with E-state index in [4.69, 9.17) is 16.3 Å². The predicted octanol–water partition coefficient (Wildman–Crippen LogP) is 5.17. The maximum absolute atomic E-state index is 12.5. The van der Waals surface area contributed by atoms with E-state index in [1.807, 2.05) is 36.5 Å². The van der Waals surface area contributed by atoms with Crippen LogP contribution in [0, 0.1) is 0 Å². The molecule has 4 heterocycles. The molecule has 13 nitrogen and oxygen atoms in total. The summed E-state index contributed by atoms with van der Waals surface area (Å²) in [6.07, 6.45) is 4.96. The minimum atomic E-state index is -3.19. The van der Waals surface area contributed by atoms with Crippen molar-refractivity contribution in [3.05, 3.63) is 133 Å². The topological polar surface area (TPSA) is 142 Å². The molecule has 3 aromatic carbocycles. The first kappa shape index (κ1) is 42.6. The summed E-state index contributed by atoms with van der Waals surface area (Å²) in [6, 6.07) is 26.7. The molecule has 3 aromatic heterocycles. The number of rotatable bonds is 12. The average molecular weight is 805 g/mol. The van der Waals surface area contributed by atoms with E-state index < -0.39 is 21.3 Å². The molecule has 56 heavy (non-hydrogen) atoms. The molecule has 1 saturated heterocycles. The van der Waals surface area contributed by atoms with E-state index >= 15 is 0 Å². The summed E-state index contributed by atoms with van der Waals surface area (Å²) in [5.74, 6) is 0.0985. The first-order chi connectivity index (χ1) is 26.7. The Kier molecular flexibility index (Phi) is 14.8. The molecule has 0 atom stereocenters. The van der Waals surface area contributed by atoms with Gasteiger partial charge < -0.3 is 24.5 Å². The highest BCUT2D eigenvalue weighted by Crippen LogP contribution is 2.26. The largest absolute Gasteiger partial charge is 0.367 e. The van der Waals surface area contributed by atoms with Crippen molar-refractivity contribution in [3.8, 4) is 0 Å². The second-order valence-corrected chi connectivity index (χ2v) is 16.7. The number of fused-ring (bicyclic) bond motifs is 2. The van der Waals surface area contributed by atoms with Gasteiger partial charge in [-0.15, -0.1) is 0 Å². The molecule has 1 aliphatic heterocycles. The minimum Gasteiger partial charge on any atom is -0.367 e. The maximum Gasteiger partial charge on any atom is 0.332 e. The Morgan fingerprint density at radius 3 is 2.05 bits per heavy atom. The van der Waals surface area contributed by atoms with Gasteiger partial charge in [0, 0.05) is 57.4 Å². The molecule has 2 N–H and O–H groups in total. The molecule has 15 heteroatoms. The SMILES string of the molecule is CN(C)CCOC(c1ccccc1)c1ccccc1.CN(C)CCc1c[nH]c2ccc(CS(=O)(=O)N3CCCC3)cc12.Cn1c(=O)c2[nH]c(Cl)nc2n(C)c1=O. The number of hydrogen-bond donors (Lipinski definition) is 2. The lowest BCUT2D eigenvalue weighted by Gasteiger charge is -2.20. The first-order valence-electron chi connectivity index (χ1n) is 18.6. The third kappa shape index (κ3) is 11.1. The molecule has 1 fully saturated rings. The Morgan fingerprint density at radius 2 is 1.46 bits per heavy atom. The number of aryl methyl sites for hydroxylation is 1. The van der Waals surface area contributed by atoms with Crippen LogP contribution in [-0.4, -0.2) is 108 Å². The lowest BCUT2D eigenvalue weighted by molar-refractivity contribution is 0.0687. The molecule has 6 aromatic rings. The summed E-state index contributed by atoms with van der Waals surface area (Å²) in [4.78, 5) is 37.0. The molecule has 0 saturated carbocycles. The average Bonchev–Trinajstić information content (AvgIpc) is 3.96.